The van der Waals surface area contributed by atoms with Crippen molar-refractivity contribution in [3.8, 4) is 0 Å². The van der Waals surface area contributed by atoms with E-state index in [9.17, 15) is 18.0 Å². The van der Waals surface area contributed by atoms with Crippen LogP contribution in [-0.4, -0.2) is 54.8 Å². The van der Waals surface area contributed by atoms with E-state index in [2.05, 4.69) is 0 Å². The van der Waals surface area contributed by atoms with Crippen LogP contribution in [0.15, 0.2) is 24.3 Å². The van der Waals surface area contributed by atoms with E-state index in [1.165, 1.54) is 4.90 Å². The predicted octanol–water partition coefficient (Wildman–Crippen LogP) is 0.810. The monoisotopic (exact) mass is 322 g/mol. The summed E-state index contributed by atoms with van der Waals surface area (Å²) < 4.78 is 22.3. The third-order valence-electron chi connectivity index (χ3n) is 4.17. The molecule has 7 heteroatoms. The molecular weight excluding hydrogens is 304 g/mol. The minimum atomic E-state index is -3.08. The molecule has 3 rings (SSSR count). The van der Waals surface area contributed by atoms with E-state index in [4.69, 9.17) is 0 Å². The zero-order valence-electron chi connectivity index (χ0n) is 12.4. The van der Waals surface area contributed by atoms with Gasteiger partial charge in [0.2, 0.25) is 0 Å². The summed E-state index contributed by atoms with van der Waals surface area (Å²) in [6.45, 7) is 0.599. The molecule has 2 heterocycles. The number of hydrogen-bond acceptors (Lipinski definition) is 4. The number of hydrogen-bond donors (Lipinski definition) is 0. The molecular formula is C15H18N2O4S. The molecule has 1 atom stereocenters. The first-order valence-corrected chi connectivity index (χ1v) is 9.29. The number of rotatable bonds is 4. The summed E-state index contributed by atoms with van der Waals surface area (Å²) in [5, 5.41) is 0. The van der Waals surface area contributed by atoms with E-state index in [0.717, 1.165) is 17.4 Å². The van der Waals surface area contributed by atoms with Gasteiger partial charge in [-0.2, -0.15) is 0 Å². The van der Waals surface area contributed by atoms with Gasteiger partial charge in [0.1, 0.15) is 15.9 Å². The van der Waals surface area contributed by atoms with E-state index in [0.29, 0.717) is 13.0 Å². The number of nitrogens with zero attached hydrogens (tertiary/aromatic N) is 2. The maximum atomic E-state index is 12.4. The van der Waals surface area contributed by atoms with E-state index in [1.807, 2.05) is 24.3 Å². The minimum Gasteiger partial charge on any atom is -0.308 e. The van der Waals surface area contributed by atoms with Gasteiger partial charge in [-0.1, -0.05) is 24.3 Å². The van der Waals surface area contributed by atoms with Gasteiger partial charge >= 0.3 is 6.03 Å². The van der Waals surface area contributed by atoms with Crippen molar-refractivity contribution in [2.45, 2.75) is 25.4 Å². The van der Waals surface area contributed by atoms with Crippen molar-refractivity contribution in [1.29, 1.82) is 0 Å². The molecule has 22 heavy (non-hydrogen) atoms. The first kappa shape index (κ1) is 15.0. The fraction of sp³-hybridized carbons (Fsp3) is 0.467. The normalized spacial score (nSPS) is 21.0. The van der Waals surface area contributed by atoms with Crippen molar-refractivity contribution in [3.05, 3.63) is 35.4 Å². The molecule has 0 bridgehead atoms. The van der Waals surface area contributed by atoms with Crippen LogP contribution in [0.3, 0.4) is 0 Å². The van der Waals surface area contributed by atoms with Gasteiger partial charge in [0, 0.05) is 25.8 Å². The van der Waals surface area contributed by atoms with E-state index >= 15 is 0 Å². The van der Waals surface area contributed by atoms with Crippen molar-refractivity contribution in [1.82, 2.24) is 9.80 Å². The van der Waals surface area contributed by atoms with Gasteiger partial charge in [0.05, 0.1) is 5.75 Å². The minimum absolute atomic E-state index is 0.0189. The van der Waals surface area contributed by atoms with Gasteiger partial charge in [-0.05, 0) is 17.5 Å². The average Bonchev–Trinajstić information content (AvgIpc) is 2.69. The topological polar surface area (TPSA) is 74.8 Å². The quantitative estimate of drug-likeness (QED) is 0.769. The zero-order valence-corrected chi connectivity index (χ0v) is 13.2. The van der Waals surface area contributed by atoms with Crippen molar-refractivity contribution in [2.75, 3.05) is 18.6 Å². The number of benzene rings is 1. The maximum Gasteiger partial charge on any atom is 0.327 e. The fourth-order valence-corrected chi connectivity index (χ4v) is 3.72. The van der Waals surface area contributed by atoms with Crippen LogP contribution in [0.25, 0.3) is 0 Å². The van der Waals surface area contributed by atoms with Crippen molar-refractivity contribution < 1.29 is 18.0 Å². The molecule has 3 amide bonds. The smallest absolute Gasteiger partial charge is 0.308 e. The van der Waals surface area contributed by atoms with Crippen LogP contribution in [0, 0.1) is 0 Å². The number of sulfone groups is 1. The second kappa shape index (κ2) is 5.39. The third kappa shape index (κ3) is 2.72. The van der Waals surface area contributed by atoms with Crippen molar-refractivity contribution >= 4 is 21.8 Å². The molecule has 1 aromatic carbocycles. The SMILES string of the molecule is CS(=O)(=O)CCCN1C(=O)C2Cc3ccccc3CN2C1=O. The molecule has 0 aliphatic carbocycles. The average molecular weight is 322 g/mol. The van der Waals surface area contributed by atoms with Crippen LogP contribution in [-0.2, 0) is 27.6 Å². The summed E-state index contributed by atoms with van der Waals surface area (Å²) >= 11 is 0. The maximum absolute atomic E-state index is 12.4. The second-order valence-corrected chi connectivity index (χ2v) is 8.13. The summed E-state index contributed by atoms with van der Waals surface area (Å²) in [7, 11) is -3.08. The molecule has 1 fully saturated rings. The van der Waals surface area contributed by atoms with E-state index in [1.54, 1.807) is 4.90 Å². The van der Waals surface area contributed by atoms with Gasteiger partial charge in [-0.3, -0.25) is 9.69 Å². The Morgan fingerprint density at radius 2 is 1.86 bits per heavy atom. The van der Waals surface area contributed by atoms with Crippen LogP contribution in [0.4, 0.5) is 4.79 Å². The zero-order chi connectivity index (χ0) is 15.9. The Hall–Kier alpha value is -1.89. The molecule has 0 spiro atoms. The van der Waals surface area contributed by atoms with Crippen LogP contribution < -0.4 is 0 Å². The Morgan fingerprint density at radius 3 is 2.55 bits per heavy atom. The highest BCUT2D eigenvalue weighted by atomic mass is 32.2. The number of urea groups is 1. The molecule has 1 saturated heterocycles. The second-order valence-electron chi connectivity index (χ2n) is 5.87. The number of amides is 3. The van der Waals surface area contributed by atoms with Gasteiger partial charge < -0.3 is 4.90 Å². The largest absolute Gasteiger partial charge is 0.327 e. The van der Waals surface area contributed by atoms with Crippen LogP contribution in [0.2, 0.25) is 0 Å². The third-order valence-corrected chi connectivity index (χ3v) is 5.20. The number of fused-ring (bicyclic) bond motifs is 2. The van der Waals surface area contributed by atoms with Gasteiger partial charge in [0.15, 0.2) is 0 Å². The summed E-state index contributed by atoms with van der Waals surface area (Å²) in [5.74, 6) is -0.234. The molecule has 2 aliphatic heterocycles. The fourth-order valence-electron chi connectivity index (χ4n) is 3.06. The lowest BCUT2D eigenvalue weighted by atomic mass is 9.95. The van der Waals surface area contributed by atoms with E-state index in [-0.39, 0.29) is 30.7 Å². The Bertz CT molecular complexity index is 686. The number of carbonyl (C=O) groups is 2. The molecule has 2 aliphatic rings. The van der Waals surface area contributed by atoms with Gasteiger partial charge in [-0.15, -0.1) is 0 Å². The van der Waals surface area contributed by atoms with Gasteiger partial charge in [0.25, 0.3) is 5.91 Å². The molecule has 0 aromatic heterocycles. The molecule has 1 unspecified atom stereocenters. The Kier molecular flexibility index (Phi) is 3.68. The molecule has 0 N–H and O–H groups in total. The highest BCUT2D eigenvalue weighted by Crippen LogP contribution is 2.29. The lowest BCUT2D eigenvalue weighted by Gasteiger charge is -2.28. The summed E-state index contributed by atoms with van der Waals surface area (Å²) in [5.41, 5.74) is 2.17. The Balaban J connectivity index is 1.74. The van der Waals surface area contributed by atoms with Crippen molar-refractivity contribution in [2.24, 2.45) is 0 Å². The molecule has 0 radical (unpaired) electrons. The Morgan fingerprint density at radius 1 is 1.18 bits per heavy atom. The lowest BCUT2D eigenvalue weighted by molar-refractivity contribution is -0.128. The van der Waals surface area contributed by atoms with Gasteiger partial charge in [-0.25, -0.2) is 13.2 Å². The highest BCUT2D eigenvalue weighted by Gasteiger charge is 2.46. The van der Waals surface area contributed by atoms with Crippen LogP contribution in [0.5, 0.6) is 0 Å². The first-order chi connectivity index (χ1) is 10.4. The van der Waals surface area contributed by atoms with Crippen LogP contribution >= 0.6 is 0 Å². The lowest BCUT2D eigenvalue weighted by Crippen LogP contribution is -2.39. The first-order valence-electron chi connectivity index (χ1n) is 7.23. The highest BCUT2D eigenvalue weighted by molar-refractivity contribution is 7.90. The summed E-state index contributed by atoms with van der Waals surface area (Å²) in [4.78, 5) is 27.6. The van der Waals surface area contributed by atoms with Crippen molar-refractivity contribution in [3.63, 3.8) is 0 Å². The summed E-state index contributed by atoms with van der Waals surface area (Å²) in [6.07, 6.45) is 1.97. The molecule has 6 nitrogen and oxygen atoms in total. The number of carbonyl (C=O) groups excluding carboxylic acids is 2. The Labute approximate surface area is 129 Å². The molecule has 0 saturated carbocycles. The molecule has 118 valence electrons. The predicted molar refractivity (Wildman–Crippen MR) is 80.9 cm³/mol. The van der Waals surface area contributed by atoms with E-state index < -0.39 is 15.9 Å². The number of imide groups is 1. The standard InChI is InChI=1S/C15H18N2O4S/c1-22(20,21)8-4-7-16-14(18)13-9-11-5-2-3-6-12(11)10-17(13)15(16)19/h2-3,5-6,13H,4,7-10H2,1H3. The van der Waals surface area contributed by atoms with Crippen LogP contribution in [0.1, 0.15) is 17.5 Å². The molecule has 1 aromatic rings. The summed E-state index contributed by atoms with van der Waals surface area (Å²) in [6, 6.07) is 7.05.